The molecule has 0 bridgehead atoms. The lowest BCUT2D eigenvalue weighted by molar-refractivity contribution is -0.0363. The summed E-state index contributed by atoms with van der Waals surface area (Å²) in [6.07, 6.45) is 4.75. The molecule has 1 aliphatic carbocycles. The highest BCUT2D eigenvalue weighted by molar-refractivity contribution is 5.98. The number of benzene rings is 1. The Balaban J connectivity index is 1.97. The first-order valence-corrected chi connectivity index (χ1v) is 6.94. The lowest BCUT2D eigenvalue weighted by Crippen LogP contribution is -2.27. The van der Waals surface area contributed by atoms with Crippen LogP contribution in [0.4, 0.5) is 0 Å². The van der Waals surface area contributed by atoms with Crippen LogP contribution in [0, 0.1) is 0 Å². The van der Waals surface area contributed by atoms with Crippen LogP contribution in [0.15, 0.2) is 29.4 Å². The molecule has 1 aromatic carbocycles. The third-order valence-electron chi connectivity index (χ3n) is 3.79. The van der Waals surface area contributed by atoms with E-state index >= 15 is 0 Å². The zero-order valence-electron chi connectivity index (χ0n) is 11.8. The number of rotatable bonds is 5. The molecule has 0 spiro atoms. The average Bonchev–Trinajstić information content (AvgIpc) is 2.52. The van der Waals surface area contributed by atoms with Gasteiger partial charge in [-0.2, -0.15) is 0 Å². The lowest BCUT2D eigenvalue weighted by atomic mass is 9.95. The summed E-state index contributed by atoms with van der Waals surface area (Å²) in [6.45, 7) is 0.466. The first-order chi connectivity index (χ1) is 9.74. The molecule has 3 N–H and O–H groups in total. The normalized spacial score (nSPS) is 23.8. The SMILES string of the molecule is COC1CCCC(OCc2ccccc2C(N)=NO)C1. The van der Waals surface area contributed by atoms with Gasteiger partial charge in [-0.25, -0.2) is 0 Å². The number of methoxy groups -OCH3 is 1. The van der Waals surface area contributed by atoms with Crippen LogP contribution in [0.25, 0.3) is 0 Å². The molecule has 5 heteroatoms. The highest BCUT2D eigenvalue weighted by atomic mass is 16.5. The number of nitrogens with zero attached hydrogens (tertiary/aromatic N) is 1. The minimum absolute atomic E-state index is 0.114. The molecule has 0 amide bonds. The summed E-state index contributed by atoms with van der Waals surface area (Å²) in [5, 5.41) is 11.9. The maximum atomic E-state index is 8.80. The van der Waals surface area contributed by atoms with Crippen LogP contribution in [0.2, 0.25) is 0 Å². The Hall–Kier alpha value is -1.59. The predicted molar refractivity (Wildman–Crippen MR) is 76.8 cm³/mol. The maximum Gasteiger partial charge on any atom is 0.170 e. The maximum absolute atomic E-state index is 8.80. The summed E-state index contributed by atoms with van der Waals surface area (Å²) in [4.78, 5) is 0. The fraction of sp³-hybridized carbons (Fsp3) is 0.533. The van der Waals surface area contributed by atoms with Gasteiger partial charge in [0.1, 0.15) is 0 Å². The van der Waals surface area contributed by atoms with Crippen LogP contribution in [0.3, 0.4) is 0 Å². The van der Waals surface area contributed by atoms with Gasteiger partial charge in [0.15, 0.2) is 5.84 Å². The molecular weight excluding hydrogens is 256 g/mol. The molecule has 0 radical (unpaired) electrons. The van der Waals surface area contributed by atoms with E-state index in [9.17, 15) is 0 Å². The Kier molecular flexibility index (Phi) is 5.38. The smallest absolute Gasteiger partial charge is 0.170 e. The van der Waals surface area contributed by atoms with Gasteiger partial charge in [-0.05, 0) is 31.2 Å². The molecule has 2 rings (SSSR count). The lowest BCUT2D eigenvalue weighted by Gasteiger charge is -2.28. The molecule has 2 unspecified atom stereocenters. The van der Waals surface area contributed by atoms with Gasteiger partial charge in [0, 0.05) is 12.7 Å². The van der Waals surface area contributed by atoms with E-state index in [0.29, 0.717) is 18.3 Å². The zero-order chi connectivity index (χ0) is 14.4. The summed E-state index contributed by atoms with van der Waals surface area (Å²) in [5.41, 5.74) is 7.32. The van der Waals surface area contributed by atoms with Crippen LogP contribution in [-0.4, -0.2) is 30.4 Å². The van der Waals surface area contributed by atoms with Crippen molar-refractivity contribution in [2.45, 2.75) is 44.5 Å². The Morgan fingerprint density at radius 3 is 2.85 bits per heavy atom. The highest BCUT2D eigenvalue weighted by Crippen LogP contribution is 2.24. The number of hydrogen-bond donors (Lipinski definition) is 2. The third kappa shape index (κ3) is 3.71. The van der Waals surface area contributed by atoms with E-state index in [1.165, 1.54) is 0 Å². The van der Waals surface area contributed by atoms with E-state index in [1.54, 1.807) is 7.11 Å². The predicted octanol–water partition coefficient (Wildman–Crippen LogP) is 2.26. The molecule has 0 heterocycles. The molecule has 1 aliphatic rings. The monoisotopic (exact) mass is 278 g/mol. The number of oxime groups is 1. The van der Waals surface area contributed by atoms with E-state index in [4.69, 9.17) is 20.4 Å². The van der Waals surface area contributed by atoms with E-state index in [-0.39, 0.29) is 11.9 Å². The molecule has 110 valence electrons. The standard InChI is InChI=1S/C15H22N2O3/c1-19-12-6-4-7-13(9-12)20-10-11-5-2-3-8-14(11)15(16)17-18/h2-3,5,8,12-13,18H,4,6-7,9-10H2,1H3,(H2,16,17). The van der Waals surface area contributed by atoms with E-state index in [1.807, 2.05) is 24.3 Å². The van der Waals surface area contributed by atoms with Crippen molar-refractivity contribution in [2.75, 3.05) is 7.11 Å². The fourth-order valence-corrected chi connectivity index (χ4v) is 2.63. The minimum atomic E-state index is 0.114. The second-order valence-electron chi connectivity index (χ2n) is 5.10. The molecule has 20 heavy (non-hydrogen) atoms. The van der Waals surface area contributed by atoms with E-state index < -0.39 is 0 Å². The minimum Gasteiger partial charge on any atom is -0.409 e. The Morgan fingerprint density at radius 2 is 2.10 bits per heavy atom. The van der Waals surface area contributed by atoms with Crippen LogP contribution in [0.1, 0.15) is 36.8 Å². The van der Waals surface area contributed by atoms with Gasteiger partial charge in [0.25, 0.3) is 0 Å². The number of amidine groups is 1. The number of hydrogen-bond acceptors (Lipinski definition) is 4. The number of nitrogens with two attached hydrogens (primary N) is 1. The molecule has 1 aromatic rings. The summed E-state index contributed by atoms with van der Waals surface area (Å²) in [5.74, 6) is 0.114. The molecule has 5 nitrogen and oxygen atoms in total. The molecule has 0 aromatic heterocycles. The first kappa shape index (κ1) is 14.8. The molecule has 1 saturated carbocycles. The van der Waals surface area contributed by atoms with E-state index in [0.717, 1.165) is 31.2 Å². The first-order valence-electron chi connectivity index (χ1n) is 6.94. The number of ether oxygens (including phenoxy) is 2. The van der Waals surface area contributed by atoms with Crippen molar-refractivity contribution < 1.29 is 14.7 Å². The molecule has 1 fully saturated rings. The van der Waals surface area contributed by atoms with Crippen molar-refractivity contribution in [2.24, 2.45) is 10.9 Å². The van der Waals surface area contributed by atoms with Gasteiger partial charge in [-0.3, -0.25) is 0 Å². The average molecular weight is 278 g/mol. The Morgan fingerprint density at radius 1 is 1.35 bits per heavy atom. The molecule has 0 saturated heterocycles. The van der Waals surface area contributed by atoms with Crippen LogP contribution in [0.5, 0.6) is 0 Å². The van der Waals surface area contributed by atoms with Gasteiger partial charge in [0.05, 0.1) is 18.8 Å². The summed E-state index contributed by atoms with van der Waals surface area (Å²) in [6, 6.07) is 7.54. The zero-order valence-corrected chi connectivity index (χ0v) is 11.8. The fourth-order valence-electron chi connectivity index (χ4n) is 2.63. The van der Waals surface area contributed by atoms with Crippen LogP contribution in [-0.2, 0) is 16.1 Å². The van der Waals surface area contributed by atoms with Gasteiger partial charge < -0.3 is 20.4 Å². The summed E-state index contributed by atoms with van der Waals surface area (Å²) < 4.78 is 11.4. The second-order valence-corrected chi connectivity index (χ2v) is 5.10. The molecule has 2 atom stereocenters. The quantitative estimate of drug-likeness (QED) is 0.375. The Labute approximate surface area is 119 Å². The topological polar surface area (TPSA) is 77.1 Å². The third-order valence-corrected chi connectivity index (χ3v) is 3.79. The molecule has 0 aliphatic heterocycles. The van der Waals surface area contributed by atoms with Gasteiger partial charge in [-0.1, -0.05) is 29.4 Å². The van der Waals surface area contributed by atoms with Crippen molar-refractivity contribution in [1.82, 2.24) is 0 Å². The van der Waals surface area contributed by atoms with Crippen LogP contribution >= 0.6 is 0 Å². The van der Waals surface area contributed by atoms with Crippen molar-refractivity contribution >= 4 is 5.84 Å². The summed E-state index contributed by atoms with van der Waals surface area (Å²) >= 11 is 0. The van der Waals surface area contributed by atoms with Crippen molar-refractivity contribution in [1.29, 1.82) is 0 Å². The second kappa shape index (κ2) is 7.26. The van der Waals surface area contributed by atoms with Crippen molar-refractivity contribution in [3.8, 4) is 0 Å². The molecular formula is C15H22N2O3. The van der Waals surface area contributed by atoms with Crippen molar-refractivity contribution in [3.05, 3.63) is 35.4 Å². The van der Waals surface area contributed by atoms with Crippen molar-refractivity contribution in [3.63, 3.8) is 0 Å². The van der Waals surface area contributed by atoms with Gasteiger partial charge in [-0.15, -0.1) is 0 Å². The van der Waals surface area contributed by atoms with E-state index in [2.05, 4.69) is 5.16 Å². The van der Waals surface area contributed by atoms with Gasteiger partial charge in [0.2, 0.25) is 0 Å². The Bertz CT molecular complexity index is 462. The highest BCUT2D eigenvalue weighted by Gasteiger charge is 2.22. The largest absolute Gasteiger partial charge is 0.409 e. The summed E-state index contributed by atoms with van der Waals surface area (Å²) in [7, 11) is 1.75. The van der Waals surface area contributed by atoms with Gasteiger partial charge >= 0.3 is 0 Å². The van der Waals surface area contributed by atoms with Crippen LogP contribution < -0.4 is 5.73 Å².